The van der Waals surface area contributed by atoms with E-state index in [1.165, 1.54) is 0 Å². The maximum Gasteiger partial charge on any atom is 0.252 e. The van der Waals surface area contributed by atoms with Crippen molar-refractivity contribution >= 4 is 12.0 Å². The zero-order valence-electron chi connectivity index (χ0n) is 4.51. The zero-order chi connectivity index (χ0) is 6.91. The monoisotopic (exact) mass is 156 g/mol. The van der Waals surface area contributed by atoms with Crippen LogP contribution in [0.3, 0.4) is 0 Å². The third-order valence-corrected chi connectivity index (χ3v) is 1.92. The summed E-state index contributed by atoms with van der Waals surface area (Å²) in [6, 6.07) is 0. The van der Waals surface area contributed by atoms with E-state index in [-0.39, 0.29) is 12.2 Å². The third kappa shape index (κ3) is 1.77. The standard InChI is InChI=1S/C4H6F2O2S/c5-4(6)1-3(4)2-9-8-7/h3,7H,1-2H2. The Balaban J connectivity index is 2.06. The Morgan fingerprint density at radius 3 is 2.67 bits per heavy atom. The molecule has 0 bridgehead atoms. The van der Waals surface area contributed by atoms with Crippen molar-refractivity contribution in [3.63, 3.8) is 0 Å². The van der Waals surface area contributed by atoms with Crippen LogP contribution in [0.15, 0.2) is 0 Å². The molecule has 1 N–H and O–H groups in total. The van der Waals surface area contributed by atoms with Crippen molar-refractivity contribution in [1.82, 2.24) is 0 Å². The van der Waals surface area contributed by atoms with Crippen LogP contribution in [0.1, 0.15) is 6.42 Å². The van der Waals surface area contributed by atoms with E-state index in [0.717, 1.165) is 0 Å². The first-order valence-corrected chi connectivity index (χ1v) is 3.39. The zero-order valence-corrected chi connectivity index (χ0v) is 5.33. The highest BCUT2D eigenvalue weighted by atomic mass is 32.2. The van der Waals surface area contributed by atoms with E-state index in [1.54, 1.807) is 0 Å². The molecule has 0 amide bonds. The van der Waals surface area contributed by atoms with Crippen LogP contribution in [0.2, 0.25) is 0 Å². The summed E-state index contributed by atoms with van der Waals surface area (Å²) in [5.41, 5.74) is 0. The van der Waals surface area contributed by atoms with Gasteiger partial charge in [0.25, 0.3) is 5.92 Å². The highest BCUT2D eigenvalue weighted by molar-refractivity contribution is 7.94. The molecule has 1 aliphatic carbocycles. The lowest BCUT2D eigenvalue weighted by molar-refractivity contribution is -0.116. The first-order valence-electron chi connectivity index (χ1n) is 2.47. The number of rotatable bonds is 3. The minimum absolute atomic E-state index is 0.0661. The van der Waals surface area contributed by atoms with E-state index in [1.807, 2.05) is 0 Å². The van der Waals surface area contributed by atoms with Gasteiger partial charge >= 0.3 is 0 Å². The fraction of sp³-hybridized carbons (Fsp3) is 1.00. The van der Waals surface area contributed by atoms with Gasteiger partial charge in [0.15, 0.2) is 0 Å². The number of hydrogen-bond donors (Lipinski definition) is 1. The molecule has 0 saturated heterocycles. The topological polar surface area (TPSA) is 29.5 Å². The lowest BCUT2D eigenvalue weighted by Crippen LogP contribution is -1.95. The average Bonchev–Trinajstić information content (AvgIpc) is 2.35. The summed E-state index contributed by atoms with van der Waals surface area (Å²) in [7, 11) is 0. The number of hydrogen-bond acceptors (Lipinski definition) is 3. The number of halogens is 2. The first-order chi connectivity index (χ1) is 4.17. The Morgan fingerprint density at radius 2 is 2.33 bits per heavy atom. The molecule has 0 aromatic rings. The third-order valence-electron chi connectivity index (χ3n) is 1.28. The Morgan fingerprint density at radius 1 is 1.78 bits per heavy atom. The van der Waals surface area contributed by atoms with Gasteiger partial charge in [0, 0.05) is 30.1 Å². The second-order valence-corrected chi connectivity index (χ2v) is 2.74. The summed E-state index contributed by atoms with van der Waals surface area (Å²) in [6.45, 7) is 0. The summed E-state index contributed by atoms with van der Waals surface area (Å²) in [6.07, 6.45) is -0.0661. The molecule has 0 aliphatic heterocycles. The van der Waals surface area contributed by atoms with E-state index in [4.69, 9.17) is 5.26 Å². The average molecular weight is 156 g/mol. The fourth-order valence-electron chi connectivity index (χ4n) is 0.563. The fourth-order valence-corrected chi connectivity index (χ4v) is 1.15. The summed E-state index contributed by atoms with van der Waals surface area (Å²) in [5.74, 6) is -2.91. The normalized spacial score (nSPS) is 30.3. The Bertz CT molecular complexity index is 109. The van der Waals surface area contributed by atoms with Crippen LogP contribution >= 0.6 is 12.0 Å². The van der Waals surface area contributed by atoms with Crippen LogP contribution in [-0.2, 0) is 4.33 Å². The molecule has 1 rings (SSSR count). The molecular formula is C4H6F2O2S. The molecule has 2 nitrogen and oxygen atoms in total. The van der Waals surface area contributed by atoms with Crippen molar-refractivity contribution in [2.45, 2.75) is 12.3 Å². The molecule has 0 heterocycles. The van der Waals surface area contributed by atoms with Crippen LogP contribution in [0.4, 0.5) is 8.78 Å². The predicted octanol–water partition coefficient (Wildman–Crippen LogP) is 1.78. The Hall–Kier alpha value is 0.130. The van der Waals surface area contributed by atoms with Crippen molar-refractivity contribution in [2.75, 3.05) is 5.75 Å². The molecule has 1 aliphatic rings. The van der Waals surface area contributed by atoms with Gasteiger partial charge in [-0.15, -0.1) is 0 Å². The lowest BCUT2D eigenvalue weighted by Gasteiger charge is -1.92. The van der Waals surface area contributed by atoms with Gasteiger partial charge in [-0.05, 0) is 0 Å². The lowest BCUT2D eigenvalue weighted by atomic mass is 10.5. The van der Waals surface area contributed by atoms with Gasteiger partial charge in [-0.1, -0.05) is 0 Å². The summed E-state index contributed by atoms with van der Waals surface area (Å²) < 4.78 is 27.5. The quantitative estimate of drug-likeness (QED) is 0.383. The molecule has 0 aromatic heterocycles. The highest BCUT2D eigenvalue weighted by Crippen LogP contribution is 2.49. The van der Waals surface area contributed by atoms with Crippen molar-refractivity contribution in [3.05, 3.63) is 0 Å². The van der Waals surface area contributed by atoms with Gasteiger partial charge < -0.3 is 0 Å². The molecule has 0 radical (unpaired) electrons. The SMILES string of the molecule is OOSCC1CC1(F)F. The molecule has 1 unspecified atom stereocenters. The summed E-state index contributed by atoms with van der Waals surface area (Å²) >= 11 is 0.657. The molecule has 54 valence electrons. The highest BCUT2D eigenvalue weighted by Gasteiger charge is 2.56. The van der Waals surface area contributed by atoms with Crippen LogP contribution in [-0.4, -0.2) is 16.9 Å². The minimum Gasteiger partial charge on any atom is -0.239 e. The van der Waals surface area contributed by atoms with E-state index < -0.39 is 11.8 Å². The smallest absolute Gasteiger partial charge is 0.239 e. The van der Waals surface area contributed by atoms with Crippen LogP contribution in [0, 0.1) is 5.92 Å². The second kappa shape index (κ2) is 2.40. The van der Waals surface area contributed by atoms with Gasteiger partial charge in [0.1, 0.15) is 0 Å². The van der Waals surface area contributed by atoms with Crippen molar-refractivity contribution in [2.24, 2.45) is 5.92 Å². The molecule has 0 spiro atoms. The van der Waals surface area contributed by atoms with E-state index >= 15 is 0 Å². The molecule has 1 atom stereocenters. The van der Waals surface area contributed by atoms with Gasteiger partial charge in [-0.25, -0.2) is 14.0 Å². The maximum absolute atomic E-state index is 12.0. The van der Waals surface area contributed by atoms with Crippen LogP contribution in [0.25, 0.3) is 0 Å². The Kier molecular flexibility index (Phi) is 1.93. The van der Waals surface area contributed by atoms with Crippen molar-refractivity contribution in [1.29, 1.82) is 0 Å². The van der Waals surface area contributed by atoms with Gasteiger partial charge in [0.2, 0.25) is 0 Å². The molecular weight excluding hydrogens is 150 g/mol. The largest absolute Gasteiger partial charge is 0.252 e. The van der Waals surface area contributed by atoms with Gasteiger partial charge in [-0.2, -0.15) is 4.33 Å². The minimum atomic E-state index is -2.49. The molecule has 0 aromatic carbocycles. The van der Waals surface area contributed by atoms with Crippen LogP contribution in [0.5, 0.6) is 0 Å². The van der Waals surface area contributed by atoms with E-state index in [9.17, 15) is 8.78 Å². The van der Waals surface area contributed by atoms with Crippen molar-refractivity contribution < 1.29 is 18.4 Å². The first kappa shape index (κ1) is 7.24. The predicted molar refractivity (Wildman–Crippen MR) is 29.2 cm³/mol. The van der Waals surface area contributed by atoms with Gasteiger partial charge in [0.05, 0.1) is 0 Å². The Labute approximate surface area is 55.3 Å². The molecule has 5 heteroatoms. The molecule has 1 fully saturated rings. The van der Waals surface area contributed by atoms with Gasteiger partial charge in [-0.3, -0.25) is 0 Å². The van der Waals surface area contributed by atoms with E-state index in [2.05, 4.69) is 4.33 Å². The van der Waals surface area contributed by atoms with Crippen LogP contribution < -0.4 is 0 Å². The molecule has 1 saturated carbocycles. The van der Waals surface area contributed by atoms with Crippen molar-refractivity contribution in [3.8, 4) is 0 Å². The maximum atomic E-state index is 12.0. The summed E-state index contributed by atoms with van der Waals surface area (Å²) in [4.78, 5) is 0. The number of alkyl halides is 2. The summed E-state index contributed by atoms with van der Waals surface area (Å²) in [5, 5.41) is 7.73. The molecule has 9 heavy (non-hydrogen) atoms. The second-order valence-electron chi connectivity index (χ2n) is 2.02. The van der Waals surface area contributed by atoms with E-state index in [0.29, 0.717) is 12.0 Å².